The fraction of sp³-hybridized carbons (Fsp3) is 0.920. The van der Waals surface area contributed by atoms with Gasteiger partial charge in [-0.1, -0.05) is 20.8 Å². The highest BCUT2D eigenvalue weighted by atomic mass is 16.5. The number of rotatable bonds is 3. The van der Waals surface area contributed by atoms with Gasteiger partial charge in [-0.25, -0.2) is 0 Å². The first-order chi connectivity index (χ1) is 14.5. The summed E-state index contributed by atoms with van der Waals surface area (Å²) in [4.78, 5) is 25.7. The molecule has 0 aromatic carbocycles. The second kappa shape index (κ2) is 8.02. The Labute approximate surface area is 186 Å². The van der Waals surface area contributed by atoms with Crippen LogP contribution in [-0.4, -0.2) is 46.9 Å². The van der Waals surface area contributed by atoms with Crippen LogP contribution >= 0.6 is 0 Å². The van der Waals surface area contributed by atoms with Crippen molar-refractivity contribution >= 4 is 11.9 Å². The molecule has 0 spiro atoms. The van der Waals surface area contributed by atoms with Gasteiger partial charge in [-0.3, -0.25) is 9.59 Å². The van der Waals surface area contributed by atoms with Crippen LogP contribution in [0.4, 0.5) is 0 Å². The molecule has 0 bridgehead atoms. The minimum Gasteiger partial charge on any atom is -0.465 e. The summed E-state index contributed by atoms with van der Waals surface area (Å²) in [6.45, 7) is 11.0. The molecule has 4 aliphatic rings. The molecule has 4 fully saturated rings. The number of amides is 1. The topological polar surface area (TPSA) is 95.9 Å². The predicted molar refractivity (Wildman–Crippen MR) is 117 cm³/mol. The summed E-state index contributed by atoms with van der Waals surface area (Å²) in [5, 5.41) is 23.8. The second-order valence-electron chi connectivity index (χ2n) is 11.8. The average Bonchev–Trinajstić information content (AvgIpc) is 2.99. The maximum Gasteiger partial charge on any atom is 0.309 e. The molecule has 0 unspecified atom stereocenters. The molecule has 0 aromatic heterocycles. The molecular weight excluding hydrogens is 394 g/mol. The van der Waals surface area contributed by atoms with Crippen molar-refractivity contribution < 1.29 is 24.5 Å². The van der Waals surface area contributed by atoms with Crippen molar-refractivity contribution in [3.05, 3.63) is 0 Å². The third-order valence-electron chi connectivity index (χ3n) is 9.87. The number of nitrogens with one attached hydrogen (secondary N) is 1. The van der Waals surface area contributed by atoms with E-state index < -0.39 is 12.2 Å². The number of carbonyl (C=O) groups is 2. The van der Waals surface area contributed by atoms with E-state index in [-0.39, 0.29) is 52.9 Å². The summed E-state index contributed by atoms with van der Waals surface area (Å²) in [6, 6.07) is 0.141. The number of fused-ring (bicyclic) bond motifs is 5. The van der Waals surface area contributed by atoms with Gasteiger partial charge in [-0.15, -0.1) is 0 Å². The third-order valence-corrected chi connectivity index (χ3v) is 9.87. The zero-order valence-corrected chi connectivity index (χ0v) is 19.8. The van der Waals surface area contributed by atoms with Gasteiger partial charge in [0.2, 0.25) is 5.91 Å². The van der Waals surface area contributed by atoms with E-state index in [4.69, 9.17) is 4.74 Å². The number of ether oxygens (including phenoxy) is 1. The average molecular weight is 436 g/mol. The van der Waals surface area contributed by atoms with Crippen LogP contribution < -0.4 is 5.32 Å². The maximum atomic E-state index is 12.9. The van der Waals surface area contributed by atoms with Gasteiger partial charge >= 0.3 is 5.97 Å². The van der Waals surface area contributed by atoms with Gasteiger partial charge in [0.15, 0.2) is 0 Å². The van der Waals surface area contributed by atoms with Gasteiger partial charge in [-0.2, -0.15) is 0 Å². The van der Waals surface area contributed by atoms with Crippen LogP contribution in [0.15, 0.2) is 0 Å². The lowest BCUT2D eigenvalue weighted by atomic mass is 9.48. The SMILES string of the molecule is CC(C)NC(=O)[C@@H](C)[C@H]1CC[C@H]2[C@@H]3COC(=O)[C@H]4C[C@H](O)[C@H](O)C[C@]4(C)[C@H]3CC[C@]12C. The van der Waals surface area contributed by atoms with Crippen LogP contribution in [0.25, 0.3) is 0 Å². The molecule has 3 saturated carbocycles. The molecule has 3 N–H and O–H groups in total. The van der Waals surface area contributed by atoms with Crippen molar-refractivity contribution in [3.8, 4) is 0 Å². The molecule has 4 rings (SSSR count). The Hall–Kier alpha value is -1.14. The highest BCUT2D eigenvalue weighted by Gasteiger charge is 2.63. The van der Waals surface area contributed by atoms with E-state index in [1.807, 2.05) is 13.8 Å². The van der Waals surface area contributed by atoms with Gasteiger partial charge in [0, 0.05) is 12.0 Å². The van der Waals surface area contributed by atoms with Crippen molar-refractivity contribution in [1.29, 1.82) is 0 Å². The van der Waals surface area contributed by atoms with Crippen LogP contribution in [0.5, 0.6) is 0 Å². The maximum absolute atomic E-state index is 12.9. The molecule has 6 nitrogen and oxygen atoms in total. The summed E-state index contributed by atoms with van der Waals surface area (Å²) < 4.78 is 5.83. The summed E-state index contributed by atoms with van der Waals surface area (Å²) >= 11 is 0. The summed E-state index contributed by atoms with van der Waals surface area (Å²) in [5.74, 6) is 0.858. The monoisotopic (exact) mass is 435 g/mol. The van der Waals surface area contributed by atoms with E-state index in [2.05, 4.69) is 26.1 Å². The van der Waals surface area contributed by atoms with Crippen LogP contribution in [-0.2, 0) is 14.3 Å². The van der Waals surface area contributed by atoms with Gasteiger partial charge in [0.1, 0.15) is 0 Å². The molecule has 31 heavy (non-hydrogen) atoms. The van der Waals surface area contributed by atoms with E-state index in [1.54, 1.807) is 0 Å². The molecule has 0 aromatic rings. The number of aliphatic hydroxyl groups excluding tert-OH is 2. The lowest BCUT2D eigenvalue weighted by Crippen LogP contribution is -2.54. The molecule has 1 saturated heterocycles. The Bertz CT molecular complexity index is 725. The quantitative estimate of drug-likeness (QED) is 0.593. The molecule has 3 aliphatic carbocycles. The van der Waals surface area contributed by atoms with Gasteiger partial charge in [0.05, 0.1) is 24.7 Å². The molecule has 1 amide bonds. The zero-order valence-electron chi connectivity index (χ0n) is 19.8. The Balaban J connectivity index is 1.61. The van der Waals surface area contributed by atoms with E-state index in [0.29, 0.717) is 30.8 Å². The van der Waals surface area contributed by atoms with Gasteiger partial charge in [-0.05, 0) is 86.9 Å². The third kappa shape index (κ3) is 3.62. The largest absolute Gasteiger partial charge is 0.465 e. The van der Waals surface area contributed by atoms with Crippen LogP contribution in [0.2, 0.25) is 0 Å². The molecule has 1 aliphatic heterocycles. The second-order valence-corrected chi connectivity index (χ2v) is 11.8. The molecule has 10 atom stereocenters. The number of cyclic esters (lactones) is 1. The van der Waals surface area contributed by atoms with E-state index >= 15 is 0 Å². The molecule has 176 valence electrons. The summed E-state index contributed by atoms with van der Waals surface area (Å²) in [7, 11) is 0. The van der Waals surface area contributed by atoms with E-state index in [9.17, 15) is 19.8 Å². The van der Waals surface area contributed by atoms with Crippen molar-refractivity contribution in [3.63, 3.8) is 0 Å². The minimum absolute atomic E-state index is 0.0303. The first-order valence-corrected chi connectivity index (χ1v) is 12.3. The molecular formula is C25H41NO5. The number of esters is 1. The fourth-order valence-electron chi connectivity index (χ4n) is 8.25. The highest BCUT2D eigenvalue weighted by molar-refractivity contribution is 5.79. The van der Waals surface area contributed by atoms with Crippen molar-refractivity contribution in [1.82, 2.24) is 5.32 Å². The summed E-state index contributed by atoms with van der Waals surface area (Å²) in [5.41, 5.74) is -0.290. The van der Waals surface area contributed by atoms with Crippen molar-refractivity contribution in [2.45, 2.75) is 91.4 Å². The summed E-state index contributed by atoms with van der Waals surface area (Å²) in [6.07, 6.45) is 3.23. The Morgan fingerprint density at radius 2 is 1.74 bits per heavy atom. The minimum atomic E-state index is -0.854. The van der Waals surface area contributed by atoms with Gasteiger partial charge < -0.3 is 20.3 Å². The Morgan fingerprint density at radius 3 is 2.42 bits per heavy atom. The van der Waals surface area contributed by atoms with Crippen LogP contribution in [0.1, 0.15) is 73.1 Å². The Morgan fingerprint density at radius 1 is 1.06 bits per heavy atom. The van der Waals surface area contributed by atoms with E-state index in [0.717, 1.165) is 25.7 Å². The Kier molecular flexibility index (Phi) is 5.96. The number of hydrogen-bond acceptors (Lipinski definition) is 5. The van der Waals surface area contributed by atoms with Crippen molar-refractivity contribution in [2.24, 2.45) is 46.3 Å². The first kappa shape index (κ1) is 23.0. The zero-order chi connectivity index (χ0) is 22.7. The lowest BCUT2D eigenvalue weighted by Gasteiger charge is -2.55. The normalized spacial score (nSPS) is 48.1. The smallest absolute Gasteiger partial charge is 0.309 e. The first-order valence-electron chi connectivity index (χ1n) is 12.3. The van der Waals surface area contributed by atoms with Gasteiger partial charge in [0.25, 0.3) is 0 Å². The lowest BCUT2D eigenvalue weighted by molar-refractivity contribution is -0.162. The van der Waals surface area contributed by atoms with Crippen LogP contribution in [0.3, 0.4) is 0 Å². The molecule has 6 heteroatoms. The fourth-order valence-corrected chi connectivity index (χ4v) is 8.25. The predicted octanol–water partition coefficient (Wildman–Crippen LogP) is 2.90. The molecule has 1 heterocycles. The standard InChI is InChI=1S/C25H41NO5/c1-13(2)26-22(29)14(3)16-6-7-17-15-12-31-23(30)19-10-20(27)21(28)11-25(19,5)18(15)8-9-24(16,17)4/h13-21,27-28H,6-12H2,1-5H3,(H,26,29)/t14-,15-,16+,17-,18-,19+,20-,21+,24+,25+/m0/s1. The number of hydrogen-bond donors (Lipinski definition) is 3. The molecule has 0 radical (unpaired) electrons. The number of aliphatic hydroxyl groups is 2. The number of carbonyl (C=O) groups excluding carboxylic acids is 2. The van der Waals surface area contributed by atoms with Crippen LogP contribution in [0, 0.1) is 46.3 Å². The highest BCUT2D eigenvalue weighted by Crippen LogP contribution is 2.65. The van der Waals surface area contributed by atoms with E-state index in [1.165, 1.54) is 0 Å². The van der Waals surface area contributed by atoms with Crippen molar-refractivity contribution in [2.75, 3.05) is 6.61 Å².